The van der Waals surface area contributed by atoms with E-state index in [0.29, 0.717) is 0 Å². The monoisotopic (exact) mass is 219 g/mol. The summed E-state index contributed by atoms with van der Waals surface area (Å²) < 4.78 is 5.46. The number of hydrogen-bond acceptors (Lipinski definition) is 2. The predicted octanol–water partition coefficient (Wildman–Crippen LogP) is 2.60. The highest BCUT2D eigenvalue weighted by atomic mass is 16.5. The summed E-state index contributed by atoms with van der Waals surface area (Å²) in [5.41, 5.74) is 10.0. The van der Waals surface area contributed by atoms with E-state index in [-0.39, 0.29) is 11.6 Å². The number of aryl methyl sites for hydroxylation is 1. The molecule has 0 radical (unpaired) electrons. The minimum atomic E-state index is -0.0883. The van der Waals surface area contributed by atoms with Gasteiger partial charge in [0.2, 0.25) is 0 Å². The molecule has 1 aliphatic rings. The first-order chi connectivity index (χ1) is 7.52. The first kappa shape index (κ1) is 11.6. The van der Waals surface area contributed by atoms with Crippen LogP contribution in [0.3, 0.4) is 0 Å². The van der Waals surface area contributed by atoms with Crippen LogP contribution in [0.4, 0.5) is 0 Å². The lowest BCUT2D eigenvalue weighted by Crippen LogP contribution is -2.25. The molecule has 1 unspecified atom stereocenters. The Balaban J connectivity index is 2.20. The third-order valence-corrected chi connectivity index (χ3v) is 3.51. The molecule has 16 heavy (non-hydrogen) atoms. The molecule has 0 saturated carbocycles. The number of rotatable bonds is 3. The van der Waals surface area contributed by atoms with Gasteiger partial charge in [-0.1, -0.05) is 18.2 Å². The van der Waals surface area contributed by atoms with Gasteiger partial charge in [0.05, 0.1) is 5.60 Å². The molecule has 0 saturated heterocycles. The molecule has 1 aromatic carbocycles. The summed E-state index contributed by atoms with van der Waals surface area (Å²) in [5.74, 6) is 0. The fourth-order valence-corrected chi connectivity index (χ4v) is 2.38. The molecule has 2 N–H and O–H groups in total. The summed E-state index contributed by atoms with van der Waals surface area (Å²) in [7, 11) is 1.77. The van der Waals surface area contributed by atoms with Crippen LogP contribution in [0.2, 0.25) is 0 Å². The quantitative estimate of drug-likeness (QED) is 0.848. The lowest BCUT2D eigenvalue weighted by Gasteiger charge is -2.23. The summed E-state index contributed by atoms with van der Waals surface area (Å²) >= 11 is 0. The highest BCUT2D eigenvalue weighted by molar-refractivity contribution is 5.38. The van der Waals surface area contributed by atoms with Crippen molar-refractivity contribution in [3.63, 3.8) is 0 Å². The minimum Gasteiger partial charge on any atom is -0.378 e. The summed E-state index contributed by atoms with van der Waals surface area (Å²) in [5, 5.41) is 0. The van der Waals surface area contributed by atoms with E-state index < -0.39 is 0 Å². The van der Waals surface area contributed by atoms with E-state index >= 15 is 0 Å². The van der Waals surface area contributed by atoms with Crippen molar-refractivity contribution in [1.29, 1.82) is 0 Å². The molecule has 1 aromatic rings. The van der Waals surface area contributed by atoms with Crippen molar-refractivity contribution < 1.29 is 4.74 Å². The van der Waals surface area contributed by atoms with Crippen LogP contribution in [0.1, 0.15) is 43.0 Å². The van der Waals surface area contributed by atoms with Crippen LogP contribution >= 0.6 is 0 Å². The van der Waals surface area contributed by atoms with Crippen LogP contribution in [-0.4, -0.2) is 12.7 Å². The Morgan fingerprint density at radius 3 is 2.88 bits per heavy atom. The number of nitrogens with two attached hydrogens (primary N) is 1. The minimum absolute atomic E-state index is 0.0883. The average Bonchev–Trinajstić information content (AvgIpc) is 2.60. The number of methoxy groups -OCH3 is 1. The van der Waals surface area contributed by atoms with Gasteiger partial charge in [-0.3, -0.25) is 0 Å². The Hall–Kier alpha value is -0.860. The van der Waals surface area contributed by atoms with E-state index in [1.807, 2.05) is 0 Å². The molecule has 2 rings (SSSR count). The van der Waals surface area contributed by atoms with E-state index in [4.69, 9.17) is 10.5 Å². The van der Waals surface area contributed by atoms with Crippen molar-refractivity contribution in [2.24, 2.45) is 5.73 Å². The summed E-state index contributed by atoms with van der Waals surface area (Å²) in [4.78, 5) is 0. The Morgan fingerprint density at radius 1 is 1.44 bits per heavy atom. The van der Waals surface area contributed by atoms with Crippen LogP contribution in [0.5, 0.6) is 0 Å². The second kappa shape index (κ2) is 4.19. The maximum absolute atomic E-state index is 6.03. The molecular formula is C14H21NO. The van der Waals surface area contributed by atoms with Gasteiger partial charge in [-0.2, -0.15) is 0 Å². The Labute approximate surface area is 97.8 Å². The zero-order valence-corrected chi connectivity index (χ0v) is 10.4. The molecule has 0 fully saturated rings. The van der Waals surface area contributed by atoms with Crippen LogP contribution in [0, 0.1) is 0 Å². The summed E-state index contributed by atoms with van der Waals surface area (Å²) in [6, 6.07) is 6.92. The van der Waals surface area contributed by atoms with Crippen molar-refractivity contribution >= 4 is 0 Å². The maximum atomic E-state index is 6.03. The Morgan fingerprint density at radius 2 is 2.19 bits per heavy atom. The number of fused-ring (bicyclic) bond motifs is 1. The molecular weight excluding hydrogens is 198 g/mol. The van der Waals surface area contributed by atoms with Gasteiger partial charge in [0, 0.05) is 19.6 Å². The normalized spacial score (nSPS) is 19.9. The van der Waals surface area contributed by atoms with E-state index in [2.05, 4.69) is 32.0 Å². The van der Waals surface area contributed by atoms with Crippen molar-refractivity contribution in [1.82, 2.24) is 0 Å². The second-order valence-electron chi connectivity index (χ2n) is 5.32. The standard InChI is InChI=1S/C14H21NO/c1-14(2,16-3)9-10-4-6-12-11(8-10)5-7-13(12)15/h4,6,8,13H,5,7,9,15H2,1-3H3. The van der Waals surface area contributed by atoms with Gasteiger partial charge in [0.15, 0.2) is 0 Å². The fourth-order valence-electron chi connectivity index (χ4n) is 2.38. The van der Waals surface area contributed by atoms with Gasteiger partial charge in [-0.15, -0.1) is 0 Å². The number of hydrogen-bond donors (Lipinski definition) is 1. The van der Waals surface area contributed by atoms with Gasteiger partial charge < -0.3 is 10.5 Å². The maximum Gasteiger partial charge on any atom is 0.0662 e. The fraction of sp³-hybridized carbons (Fsp3) is 0.571. The smallest absolute Gasteiger partial charge is 0.0662 e. The van der Waals surface area contributed by atoms with Gasteiger partial charge in [-0.05, 0) is 43.4 Å². The van der Waals surface area contributed by atoms with Gasteiger partial charge in [0.25, 0.3) is 0 Å². The van der Waals surface area contributed by atoms with Crippen LogP contribution in [0.25, 0.3) is 0 Å². The van der Waals surface area contributed by atoms with E-state index in [1.165, 1.54) is 16.7 Å². The molecule has 0 amide bonds. The highest BCUT2D eigenvalue weighted by Crippen LogP contribution is 2.30. The first-order valence-corrected chi connectivity index (χ1v) is 5.94. The van der Waals surface area contributed by atoms with Crippen LogP contribution in [0.15, 0.2) is 18.2 Å². The summed E-state index contributed by atoms with van der Waals surface area (Å²) in [6.07, 6.45) is 3.16. The third kappa shape index (κ3) is 2.28. The molecule has 0 spiro atoms. The summed E-state index contributed by atoms with van der Waals surface area (Å²) in [6.45, 7) is 4.23. The Bertz CT molecular complexity index is 384. The molecule has 1 aliphatic carbocycles. The van der Waals surface area contributed by atoms with Crippen molar-refractivity contribution in [2.75, 3.05) is 7.11 Å². The predicted molar refractivity (Wildman–Crippen MR) is 66.5 cm³/mol. The zero-order chi connectivity index (χ0) is 11.8. The van der Waals surface area contributed by atoms with Gasteiger partial charge in [0.1, 0.15) is 0 Å². The molecule has 1 atom stereocenters. The average molecular weight is 219 g/mol. The van der Waals surface area contributed by atoms with Gasteiger partial charge in [-0.25, -0.2) is 0 Å². The van der Waals surface area contributed by atoms with Gasteiger partial charge >= 0.3 is 0 Å². The largest absolute Gasteiger partial charge is 0.378 e. The Kier molecular flexibility index (Phi) is 3.04. The number of benzene rings is 1. The molecule has 0 bridgehead atoms. The lowest BCUT2D eigenvalue weighted by molar-refractivity contribution is 0.0232. The second-order valence-corrected chi connectivity index (χ2v) is 5.32. The van der Waals surface area contributed by atoms with Crippen molar-refractivity contribution in [2.45, 2.75) is 44.8 Å². The molecule has 88 valence electrons. The molecule has 0 aliphatic heterocycles. The first-order valence-electron chi connectivity index (χ1n) is 5.94. The topological polar surface area (TPSA) is 35.2 Å². The third-order valence-electron chi connectivity index (χ3n) is 3.51. The zero-order valence-electron chi connectivity index (χ0n) is 10.4. The highest BCUT2D eigenvalue weighted by Gasteiger charge is 2.21. The van der Waals surface area contributed by atoms with Crippen molar-refractivity contribution in [3.8, 4) is 0 Å². The van der Waals surface area contributed by atoms with E-state index in [1.54, 1.807) is 7.11 Å². The SMILES string of the molecule is COC(C)(C)Cc1ccc2c(c1)CCC2N. The van der Waals surface area contributed by atoms with Crippen LogP contribution < -0.4 is 5.73 Å². The van der Waals surface area contributed by atoms with E-state index in [9.17, 15) is 0 Å². The molecule has 2 heteroatoms. The molecule has 2 nitrogen and oxygen atoms in total. The van der Waals surface area contributed by atoms with Crippen molar-refractivity contribution in [3.05, 3.63) is 34.9 Å². The van der Waals surface area contributed by atoms with Crippen LogP contribution in [-0.2, 0) is 17.6 Å². The molecule has 0 heterocycles. The lowest BCUT2D eigenvalue weighted by atomic mass is 9.95. The molecule has 0 aromatic heterocycles. The number of ether oxygens (including phenoxy) is 1. The van der Waals surface area contributed by atoms with E-state index in [0.717, 1.165) is 19.3 Å².